The van der Waals surface area contributed by atoms with Gasteiger partial charge in [0.15, 0.2) is 0 Å². The number of hydrogen-bond donors (Lipinski definition) is 2. The van der Waals surface area contributed by atoms with Crippen molar-refractivity contribution in [2.24, 2.45) is 0 Å². The number of aromatic nitrogens is 2. The molecular formula is C13H16N4O2. The molecule has 0 bridgehead atoms. The SMILES string of the molecule is CCCc1cc(C(=O)Nc2nc(C)co2)cc(N)n1. The maximum absolute atomic E-state index is 12.0. The Kier molecular flexibility index (Phi) is 3.79. The number of nitrogens with zero attached hydrogens (tertiary/aromatic N) is 2. The Balaban J connectivity index is 2.18. The summed E-state index contributed by atoms with van der Waals surface area (Å²) in [6.45, 7) is 3.82. The number of pyridine rings is 1. The normalized spacial score (nSPS) is 10.4. The van der Waals surface area contributed by atoms with E-state index in [1.54, 1.807) is 13.0 Å². The van der Waals surface area contributed by atoms with E-state index < -0.39 is 0 Å². The van der Waals surface area contributed by atoms with Gasteiger partial charge in [-0.05, 0) is 25.5 Å². The van der Waals surface area contributed by atoms with E-state index in [0.29, 0.717) is 17.1 Å². The number of nitrogens with two attached hydrogens (primary N) is 1. The molecule has 0 aromatic carbocycles. The van der Waals surface area contributed by atoms with Gasteiger partial charge in [0.25, 0.3) is 5.91 Å². The second-order valence-corrected chi connectivity index (χ2v) is 4.27. The van der Waals surface area contributed by atoms with Crippen LogP contribution in [0.2, 0.25) is 0 Å². The molecule has 2 rings (SSSR count). The summed E-state index contributed by atoms with van der Waals surface area (Å²) in [5, 5.41) is 2.58. The van der Waals surface area contributed by atoms with Gasteiger partial charge in [0.1, 0.15) is 12.1 Å². The minimum atomic E-state index is -0.312. The summed E-state index contributed by atoms with van der Waals surface area (Å²) >= 11 is 0. The van der Waals surface area contributed by atoms with Crippen LogP contribution in [-0.2, 0) is 6.42 Å². The topological polar surface area (TPSA) is 94.0 Å². The van der Waals surface area contributed by atoms with Crippen LogP contribution in [0.5, 0.6) is 0 Å². The van der Waals surface area contributed by atoms with Crippen LogP contribution in [0.25, 0.3) is 0 Å². The van der Waals surface area contributed by atoms with Crippen LogP contribution in [0.1, 0.15) is 35.1 Å². The van der Waals surface area contributed by atoms with Crippen molar-refractivity contribution in [2.75, 3.05) is 11.1 Å². The molecule has 0 fully saturated rings. The van der Waals surface area contributed by atoms with Crippen molar-refractivity contribution >= 4 is 17.7 Å². The molecule has 2 heterocycles. The van der Waals surface area contributed by atoms with Crippen molar-refractivity contribution in [3.8, 4) is 0 Å². The molecule has 0 aliphatic heterocycles. The van der Waals surface area contributed by atoms with Gasteiger partial charge < -0.3 is 10.2 Å². The zero-order chi connectivity index (χ0) is 13.8. The number of aryl methyl sites for hydroxylation is 2. The Labute approximate surface area is 111 Å². The van der Waals surface area contributed by atoms with E-state index in [1.165, 1.54) is 12.3 Å². The summed E-state index contributed by atoms with van der Waals surface area (Å²) in [4.78, 5) is 20.2. The standard InChI is InChI=1S/C13H16N4O2/c1-3-4-10-5-9(6-11(14)16-10)12(18)17-13-15-8(2)7-19-13/h5-7H,3-4H2,1-2H3,(H2,14,16)(H,15,17,18). The van der Waals surface area contributed by atoms with E-state index in [9.17, 15) is 4.79 Å². The predicted molar refractivity (Wildman–Crippen MR) is 71.8 cm³/mol. The van der Waals surface area contributed by atoms with Crippen LogP contribution in [0.4, 0.5) is 11.8 Å². The van der Waals surface area contributed by atoms with E-state index in [4.69, 9.17) is 10.2 Å². The molecule has 3 N–H and O–H groups in total. The van der Waals surface area contributed by atoms with Gasteiger partial charge in [-0.15, -0.1) is 0 Å². The second-order valence-electron chi connectivity index (χ2n) is 4.27. The highest BCUT2D eigenvalue weighted by atomic mass is 16.4. The highest BCUT2D eigenvalue weighted by molar-refractivity contribution is 6.03. The van der Waals surface area contributed by atoms with Crippen molar-refractivity contribution in [2.45, 2.75) is 26.7 Å². The predicted octanol–water partition coefficient (Wildman–Crippen LogP) is 2.17. The number of rotatable bonds is 4. The van der Waals surface area contributed by atoms with Gasteiger partial charge in [0, 0.05) is 11.3 Å². The third-order valence-corrected chi connectivity index (χ3v) is 2.51. The number of hydrogen-bond acceptors (Lipinski definition) is 5. The van der Waals surface area contributed by atoms with Gasteiger partial charge >= 0.3 is 6.01 Å². The zero-order valence-corrected chi connectivity index (χ0v) is 10.9. The lowest BCUT2D eigenvalue weighted by molar-refractivity contribution is 0.102. The van der Waals surface area contributed by atoms with Crippen LogP contribution in [0.15, 0.2) is 22.8 Å². The van der Waals surface area contributed by atoms with Gasteiger partial charge in [-0.25, -0.2) is 4.98 Å². The lowest BCUT2D eigenvalue weighted by Crippen LogP contribution is -2.13. The van der Waals surface area contributed by atoms with Crippen molar-refractivity contribution in [1.29, 1.82) is 0 Å². The van der Waals surface area contributed by atoms with E-state index >= 15 is 0 Å². The van der Waals surface area contributed by atoms with Crippen LogP contribution >= 0.6 is 0 Å². The highest BCUT2D eigenvalue weighted by Gasteiger charge is 2.11. The first-order chi connectivity index (χ1) is 9.08. The quantitative estimate of drug-likeness (QED) is 0.878. The van der Waals surface area contributed by atoms with Crippen LogP contribution in [0.3, 0.4) is 0 Å². The molecule has 0 radical (unpaired) electrons. The smallest absolute Gasteiger partial charge is 0.301 e. The minimum absolute atomic E-state index is 0.176. The first-order valence-corrected chi connectivity index (χ1v) is 6.08. The van der Waals surface area contributed by atoms with E-state index in [1.807, 2.05) is 6.92 Å². The number of nitrogen functional groups attached to an aromatic ring is 1. The average Bonchev–Trinajstić information content (AvgIpc) is 2.74. The summed E-state index contributed by atoms with van der Waals surface area (Å²) in [6, 6.07) is 3.44. The molecule has 19 heavy (non-hydrogen) atoms. The fraction of sp³-hybridized carbons (Fsp3) is 0.308. The molecule has 0 spiro atoms. The van der Waals surface area contributed by atoms with Crippen LogP contribution in [-0.4, -0.2) is 15.9 Å². The molecule has 100 valence electrons. The van der Waals surface area contributed by atoms with Crippen molar-refractivity contribution < 1.29 is 9.21 Å². The van der Waals surface area contributed by atoms with Gasteiger partial charge in [-0.1, -0.05) is 13.3 Å². The monoisotopic (exact) mass is 260 g/mol. The number of carbonyl (C=O) groups is 1. The molecule has 0 unspecified atom stereocenters. The van der Waals surface area contributed by atoms with Crippen LogP contribution < -0.4 is 11.1 Å². The number of carbonyl (C=O) groups excluding carboxylic acids is 1. The second kappa shape index (κ2) is 5.51. The molecule has 6 heteroatoms. The fourth-order valence-electron chi connectivity index (χ4n) is 1.71. The Hall–Kier alpha value is -2.37. The van der Waals surface area contributed by atoms with Gasteiger partial charge in [0.2, 0.25) is 0 Å². The maximum atomic E-state index is 12.0. The Bertz CT molecular complexity index is 592. The molecule has 0 saturated heterocycles. The molecule has 2 aromatic heterocycles. The Morgan fingerprint density at radius 3 is 2.84 bits per heavy atom. The summed E-state index contributed by atoms with van der Waals surface area (Å²) in [6.07, 6.45) is 3.19. The lowest BCUT2D eigenvalue weighted by atomic mass is 10.1. The molecule has 6 nitrogen and oxygen atoms in total. The highest BCUT2D eigenvalue weighted by Crippen LogP contribution is 2.13. The lowest BCUT2D eigenvalue weighted by Gasteiger charge is -2.05. The molecule has 1 amide bonds. The molecule has 0 aliphatic carbocycles. The fourth-order valence-corrected chi connectivity index (χ4v) is 1.71. The summed E-state index contributed by atoms with van der Waals surface area (Å²) in [5.41, 5.74) is 7.65. The molecule has 0 atom stereocenters. The Morgan fingerprint density at radius 1 is 1.42 bits per heavy atom. The molecule has 0 aliphatic rings. The number of oxazole rings is 1. The van der Waals surface area contributed by atoms with E-state index in [0.717, 1.165) is 18.5 Å². The first-order valence-electron chi connectivity index (χ1n) is 6.08. The van der Waals surface area contributed by atoms with Crippen LogP contribution in [0, 0.1) is 6.92 Å². The van der Waals surface area contributed by atoms with E-state index in [2.05, 4.69) is 15.3 Å². The maximum Gasteiger partial charge on any atom is 0.301 e. The molecule has 0 saturated carbocycles. The molecule has 2 aromatic rings. The average molecular weight is 260 g/mol. The van der Waals surface area contributed by atoms with Gasteiger partial charge in [-0.2, -0.15) is 4.98 Å². The van der Waals surface area contributed by atoms with E-state index in [-0.39, 0.29) is 11.9 Å². The van der Waals surface area contributed by atoms with Gasteiger partial charge in [0.05, 0.1) is 5.69 Å². The summed E-state index contributed by atoms with van der Waals surface area (Å²) in [7, 11) is 0. The Morgan fingerprint density at radius 2 is 2.21 bits per heavy atom. The third kappa shape index (κ3) is 3.31. The number of nitrogens with one attached hydrogen (secondary N) is 1. The number of anilines is 2. The summed E-state index contributed by atoms with van der Waals surface area (Å²) < 4.78 is 5.07. The van der Waals surface area contributed by atoms with Gasteiger partial charge in [-0.3, -0.25) is 10.1 Å². The first kappa shape index (κ1) is 13.1. The minimum Gasteiger partial charge on any atom is -0.432 e. The third-order valence-electron chi connectivity index (χ3n) is 2.51. The molecular weight excluding hydrogens is 244 g/mol. The largest absolute Gasteiger partial charge is 0.432 e. The van der Waals surface area contributed by atoms with Crippen molar-refractivity contribution in [3.05, 3.63) is 35.3 Å². The van der Waals surface area contributed by atoms with Crippen molar-refractivity contribution in [3.63, 3.8) is 0 Å². The van der Waals surface area contributed by atoms with Crippen molar-refractivity contribution in [1.82, 2.24) is 9.97 Å². The summed E-state index contributed by atoms with van der Waals surface area (Å²) in [5.74, 6) is 0.0213. The zero-order valence-electron chi connectivity index (χ0n) is 10.9. The number of amides is 1.